The third-order valence-electron chi connectivity index (χ3n) is 7.21. The van der Waals surface area contributed by atoms with Gasteiger partial charge in [-0.05, 0) is 48.2 Å². The van der Waals surface area contributed by atoms with Crippen LogP contribution in [0.4, 0.5) is 5.69 Å². The van der Waals surface area contributed by atoms with E-state index in [9.17, 15) is 18.0 Å². The van der Waals surface area contributed by atoms with Crippen molar-refractivity contribution in [3.63, 3.8) is 0 Å². The molecule has 1 N–H and O–H groups in total. The monoisotopic (exact) mass is 625 g/mol. The third-order valence-corrected chi connectivity index (χ3v) is 8.88. The molecule has 9 heteroatoms. The number of anilines is 1. The van der Waals surface area contributed by atoms with Crippen LogP contribution in [-0.2, 0) is 32.6 Å². The second kappa shape index (κ2) is 13.9. The summed E-state index contributed by atoms with van der Waals surface area (Å²) in [5.74, 6) is -0.663. The lowest BCUT2D eigenvalue weighted by Crippen LogP contribution is -2.55. The standard InChI is InChI=1S/C31H36BrN3O4S/c1-40(38,39)35(28-15-9-4-10-16-28)23-30(36)34(22-25-17-19-26(32)20-18-25)29(21-24-11-5-2-6-12-24)31(37)33-27-13-7-3-8-14-27/h2,4-6,9-12,15-20,27,29H,3,7-8,13-14,21-23H2,1H3,(H,33,37). The number of nitrogens with one attached hydrogen (secondary N) is 1. The molecule has 0 radical (unpaired) electrons. The first kappa shape index (κ1) is 29.8. The van der Waals surface area contributed by atoms with Crippen LogP contribution >= 0.6 is 15.9 Å². The van der Waals surface area contributed by atoms with Gasteiger partial charge in [-0.15, -0.1) is 0 Å². The maximum Gasteiger partial charge on any atom is 0.244 e. The van der Waals surface area contributed by atoms with E-state index < -0.39 is 28.5 Å². The van der Waals surface area contributed by atoms with Crippen molar-refractivity contribution in [1.82, 2.24) is 10.2 Å². The van der Waals surface area contributed by atoms with Crippen molar-refractivity contribution in [2.45, 2.75) is 57.2 Å². The molecule has 40 heavy (non-hydrogen) atoms. The highest BCUT2D eigenvalue weighted by Gasteiger charge is 2.34. The maximum atomic E-state index is 14.1. The normalized spacial score (nSPS) is 14.8. The molecule has 4 rings (SSSR count). The quantitative estimate of drug-likeness (QED) is 0.313. The van der Waals surface area contributed by atoms with E-state index in [-0.39, 0.29) is 18.5 Å². The summed E-state index contributed by atoms with van der Waals surface area (Å²) in [6.45, 7) is -0.254. The highest BCUT2D eigenvalue weighted by atomic mass is 79.9. The van der Waals surface area contributed by atoms with Gasteiger partial charge in [-0.1, -0.05) is 95.9 Å². The summed E-state index contributed by atoms with van der Waals surface area (Å²) < 4.78 is 27.6. The average Bonchev–Trinajstić information content (AvgIpc) is 2.95. The minimum atomic E-state index is -3.77. The molecular formula is C31H36BrN3O4S. The number of nitrogens with zero attached hydrogens (tertiary/aromatic N) is 2. The van der Waals surface area contributed by atoms with Crippen molar-refractivity contribution in [2.24, 2.45) is 0 Å². The van der Waals surface area contributed by atoms with Crippen molar-refractivity contribution in [3.05, 3.63) is 101 Å². The van der Waals surface area contributed by atoms with Crippen molar-refractivity contribution < 1.29 is 18.0 Å². The number of benzene rings is 3. The van der Waals surface area contributed by atoms with Gasteiger partial charge in [-0.3, -0.25) is 13.9 Å². The average molecular weight is 627 g/mol. The Morgan fingerprint density at radius 1 is 0.875 bits per heavy atom. The van der Waals surface area contributed by atoms with Crippen molar-refractivity contribution in [3.8, 4) is 0 Å². The Kier molecular flexibility index (Phi) is 10.4. The molecule has 3 aromatic carbocycles. The summed E-state index contributed by atoms with van der Waals surface area (Å²) in [5.41, 5.74) is 2.15. The fourth-order valence-corrected chi connectivity index (χ4v) is 6.21. The molecule has 1 aliphatic rings. The Balaban J connectivity index is 1.70. The van der Waals surface area contributed by atoms with Gasteiger partial charge in [-0.25, -0.2) is 8.42 Å². The SMILES string of the molecule is CS(=O)(=O)N(CC(=O)N(Cc1ccc(Br)cc1)C(Cc1ccccc1)C(=O)NC1CCCCC1)c1ccccc1. The number of amides is 2. The Morgan fingerprint density at radius 3 is 2.08 bits per heavy atom. The van der Waals surface area contributed by atoms with E-state index in [4.69, 9.17) is 0 Å². The number of hydrogen-bond acceptors (Lipinski definition) is 4. The van der Waals surface area contributed by atoms with Gasteiger partial charge in [0, 0.05) is 23.5 Å². The van der Waals surface area contributed by atoms with E-state index in [1.807, 2.05) is 54.6 Å². The van der Waals surface area contributed by atoms with E-state index in [0.717, 1.165) is 58.3 Å². The predicted molar refractivity (Wildman–Crippen MR) is 162 cm³/mol. The van der Waals surface area contributed by atoms with Crippen LogP contribution in [-0.4, -0.2) is 50.0 Å². The molecule has 0 spiro atoms. The molecule has 1 saturated carbocycles. The molecule has 2 amide bonds. The van der Waals surface area contributed by atoms with Crippen LogP contribution in [0.2, 0.25) is 0 Å². The van der Waals surface area contributed by atoms with E-state index in [1.54, 1.807) is 30.3 Å². The van der Waals surface area contributed by atoms with Crippen LogP contribution in [0.1, 0.15) is 43.2 Å². The molecule has 0 bridgehead atoms. The number of carbonyl (C=O) groups excluding carboxylic acids is 2. The van der Waals surface area contributed by atoms with Crippen molar-refractivity contribution in [1.29, 1.82) is 0 Å². The van der Waals surface area contributed by atoms with E-state index in [1.165, 1.54) is 4.90 Å². The van der Waals surface area contributed by atoms with Crippen LogP contribution in [0.3, 0.4) is 0 Å². The molecule has 1 fully saturated rings. The Morgan fingerprint density at radius 2 is 1.48 bits per heavy atom. The summed E-state index contributed by atoms with van der Waals surface area (Å²) in [7, 11) is -3.77. The van der Waals surface area contributed by atoms with Crippen molar-refractivity contribution >= 4 is 43.5 Å². The van der Waals surface area contributed by atoms with Crippen LogP contribution in [0.5, 0.6) is 0 Å². The fourth-order valence-electron chi connectivity index (χ4n) is 5.09. The first-order valence-corrected chi connectivity index (χ1v) is 16.3. The van der Waals surface area contributed by atoms with Gasteiger partial charge in [0.15, 0.2) is 0 Å². The molecule has 212 valence electrons. The van der Waals surface area contributed by atoms with Crippen LogP contribution < -0.4 is 9.62 Å². The molecule has 3 aromatic rings. The molecule has 0 aromatic heterocycles. The Bertz CT molecular complexity index is 1360. The molecule has 7 nitrogen and oxygen atoms in total. The number of rotatable bonds is 11. The Labute approximate surface area is 245 Å². The molecular weight excluding hydrogens is 590 g/mol. The van der Waals surface area contributed by atoms with Gasteiger partial charge in [0.05, 0.1) is 11.9 Å². The topological polar surface area (TPSA) is 86.8 Å². The van der Waals surface area contributed by atoms with E-state index >= 15 is 0 Å². The zero-order chi connectivity index (χ0) is 28.5. The zero-order valence-electron chi connectivity index (χ0n) is 22.7. The third kappa shape index (κ3) is 8.41. The van der Waals surface area contributed by atoms with Crippen LogP contribution in [0.15, 0.2) is 89.4 Å². The van der Waals surface area contributed by atoms with Crippen LogP contribution in [0.25, 0.3) is 0 Å². The molecule has 0 aliphatic heterocycles. The number of para-hydroxylation sites is 1. The molecule has 0 saturated heterocycles. The minimum absolute atomic E-state index is 0.0704. The first-order valence-electron chi connectivity index (χ1n) is 13.6. The number of sulfonamides is 1. The van der Waals surface area contributed by atoms with Gasteiger partial charge in [-0.2, -0.15) is 0 Å². The highest BCUT2D eigenvalue weighted by molar-refractivity contribution is 9.10. The number of halogens is 1. The van der Waals surface area contributed by atoms with Crippen molar-refractivity contribution in [2.75, 3.05) is 17.1 Å². The summed E-state index contributed by atoms with van der Waals surface area (Å²) in [4.78, 5) is 29.6. The lowest BCUT2D eigenvalue weighted by Gasteiger charge is -2.35. The smallest absolute Gasteiger partial charge is 0.244 e. The highest BCUT2D eigenvalue weighted by Crippen LogP contribution is 2.22. The summed E-state index contributed by atoms with van der Waals surface area (Å²) >= 11 is 3.45. The molecule has 0 heterocycles. The Hall–Kier alpha value is -3.17. The van der Waals surface area contributed by atoms with Gasteiger partial charge in [0.1, 0.15) is 12.6 Å². The second-order valence-electron chi connectivity index (χ2n) is 10.3. The van der Waals surface area contributed by atoms with Gasteiger partial charge >= 0.3 is 0 Å². The number of hydrogen-bond donors (Lipinski definition) is 1. The first-order chi connectivity index (χ1) is 19.2. The summed E-state index contributed by atoms with van der Waals surface area (Å²) in [5, 5.41) is 3.21. The number of carbonyl (C=O) groups is 2. The van der Waals surface area contributed by atoms with E-state index in [0.29, 0.717) is 12.1 Å². The molecule has 1 unspecified atom stereocenters. The van der Waals surface area contributed by atoms with Gasteiger partial charge in [0.2, 0.25) is 21.8 Å². The molecule has 1 aliphatic carbocycles. The molecule has 1 atom stereocenters. The van der Waals surface area contributed by atoms with E-state index in [2.05, 4.69) is 21.2 Å². The lowest BCUT2D eigenvalue weighted by atomic mass is 9.94. The lowest BCUT2D eigenvalue weighted by molar-refractivity contribution is -0.140. The second-order valence-corrected chi connectivity index (χ2v) is 13.1. The van der Waals surface area contributed by atoms with Gasteiger partial charge in [0.25, 0.3) is 0 Å². The summed E-state index contributed by atoms with van der Waals surface area (Å²) in [6, 6.07) is 25.0. The largest absolute Gasteiger partial charge is 0.352 e. The zero-order valence-corrected chi connectivity index (χ0v) is 25.1. The fraction of sp³-hybridized carbons (Fsp3) is 0.355. The minimum Gasteiger partial charge on any atom is -0.352 e. The van der Waals surface area contributed by atoms with Gasteiger partial charge < -0.3 is 10.2 Å². The van der Waals surface area contributed by atoms with Crippen LogP contribution in [0, 0.1) is 0 Å². The predicted octanol–water partition coefficient (Wildman–Crippen LogP) is 5.30. The maximum absolute atomic E-state index is 14.1. The summed E-state index contributed by atoms with van der Waals surface area (Å²) in [6.07, 6.45) is 6.53.